The van der Waals surface area contributed by atoms with Crippen LogP contribution in [0.15, 0.2) is 18.2 Å². The summed E-state index contributed by atoms with van der Waals surface area (Å²) in [6, 6.07) is 5.32. The van der Waals surface area contributed by atoms with Crippen molar-refractivity contribution in [3.63, 3.8) is 0 Å². The molecule has 0 saturated heterocycles. The summed E-state index contributed by atoms with van der Waals surface area (Å²) in [5, 5.41) is 3.00. The van der Waals surface area contributed by atoms with Crippen LogP contribution in [0.5, 0.6) is 0 Å². The smallest absolute Gasteiger partial charge is 0.149 e. The first-order chi connectivity index (χ1) is 6.25. The number of nitrogens with one attached hydrogen (secondary N) is 1. The van der Waals surface area contributed by atoms with Crippen LogP contribution in [-0.2, 0) is 0 Å². The van der Waals surface area contributed by atoms with Gasteiger partial charge in [-0.1, -0.05) is 12.1 Å². The summed E-state index contributed by atoms with van der Waals surface area (Å²) in [4.78, 5) is 0. The second kappa shape index (κ2) is 4.82. The third-order valence-corrected chi connectivity index (χ3v) is 1.89. The first-order valence-electron chi connectivity index (χ1n) is 4.44. The Balaban J connectivity index is 2.61. The molecule has 1 aromatic carbocycles. The number of hydrogen-bond donors (Lipinski definition) is 2. The van der Waals surface area contributed by atoms with E-state index >= 15 is 0 Å². The van der Waals surface area contributed by atoms with Crippen LogP contribution in [0.3, 0.4) is 0 Å². The number of rotatable bonds is 4. The number of halogens is 1. The van der Waals surface area contributed by atoms with E-state index in [1.807, 2.05) is 6.07 Å². The lowest BCUT2D eigenvalue weighted by molar-refractivity contribution is 0.620. The average molecular weight is 182 g/mol. The molecule has 0 radical (unpaired) electrons. The maximum Gasteiger partial charge on any atom is 0.149 e. The molecular formula is C10H15FN2. The van der Waals surface area contributed by atoms with Crippen LogP contribution in [0.25, 0.3) is 0 Å². The Bertz CT molecular complexity index is 274. The molecule has 0 aliphatic carbocycles. The monoisotopic (exact) mass is 182 g/mol. The number of benzene rings is 1. The lowest BCUT2D eigenvalue weighted by atomic mass is 10.2. The molecule has 0 fully saturated rings. The standard InChI is InChI=1S/C10H15FN2/c1-8-4-2-5-9(10(8)11)13-7-3-6-12/h2,4-5,13H,3,6-7,12H2,1H3. The summed E-state index contributed by atoms with van der Waals surface area (Å²) in [5.74, 6) is -0.167. The Kier molecular flexibility index (Phi) is 3.71. The van der Waals surface area contributed by atoms with Crippen molar-refractivity contribution in [2.24, 2.45) is 5.73 Å². The van der Waals surface area contributed by atoms with Crippen LogP contribution >= 0.6 is 0 Å². The minimum Gasteiger partial charge on any atom is -0.383 e. The third kappa shape index (κ3) is 2.70. The Labute approximate surface area is 77.9 Å². The van der Waals surface area contributed by atoms with Crippen LogP contribution in [0, 0.1) is 12.7 Å². The molecule has 2 nitrogen and oxygen atoms in total. The fourth-order valence-electron chi connectivity index (χ4n) is 1.11. The van der Waals surface area contributed by atoms with Gasteiger partial charge in [0.25, 0.3) is 0 Å². The van der Waals surface area contributed by atoms with Gasteiger partial charge in [0, 0.05) is 6.54 Å². The highest BCUT2D eigenvalue weighted by molar-refractivity contribution is 5.47. The van der Waals surface area contributed by atoms with Crippen molar-refractivity contribution in [3.05, 3.63) is 29.6 Å². The fraction of sp³-hybridized carbons (Fsp3) is 0.400. The molecule has 3 N–H and O–H groups in total. The summed E-state index contributed by atoms with van der Waals surface area (Å²) in [5.41, 5.74) is 6.55. The maximum absolute atomic E-state index is 13.3. The molecule has 0 aliphatic heterocycles. The molecule has 0 saturated carbocycles. The summed E-state index contributed by atoms with van der Waals surface area (Å²) >= 11 is 0. The van der Waals surface area contributed by atoms with Gasteiger partial charge in [0.1, 0.15) is 5.82 Å². The summed E-state index contributed by atoms with van der Waals surface area (Å²) in [6.07, 6.45) is 0.855. The lowest BCUT2D eigenvalue weighted by Gasteiger charge is -2.07. The molecule has 3 heteroatoms. The van der Waals surface area contributed by atoms with E-state index < -0.39 is 0 Å². The van der Waals surface area contributed by atoms with Gasteiger partial charge in [0.2, 0.25) is 0 Å². The van der Waals surface area contributed by atoms with E-state index in [2.05, 4.69) is 5.32 Å². The molecule has 0 aliphatic rings. The second-order valence-electron chi connectivity index (χ2n) is 3.01. The molecule has 0 atom stereocenters. The zero-order valence-electron chi connectivity index (χ0n) is 7.81. The van der Waals surface area contributed by atoms with E-state index in [9.17, 15) is 4.39 Å². The van der Waals surface area contributed by atoms with E-state index in [0.717, 1.165) is 13.0 Å². The van der Waals surface area contributed by atoms with E-state index in [1.165, 1.54) is 0 Å². The number of aryl methyl sites for hydroxylation is 1. The topological polar surface area (TPSA) is 38.0 Å². The number of nitrogens with two attached hydrogens (primary N) is 1. The van der Waals surface area contributed by atoms with Gasteiger partial charge in [0.15, 0.2) is 0 Å². The van der Waals surface area contributed by atoms with Gasteiger partial charge in [-0.2, -0.15) is 0 Å². The predicted octanol–water partition coefficient (Wildman–Crippen LogP) is 1.89. The van der Waals surface area contributed by atoms with Crippen LogP contribution in [0.4, 0.5) is 10.1 Å². The van der Waals surface area contributed by atoms with Gasteiger partial charge in [-0.25, -0.2) is 4.39 Å². The average Bonchev–Trinajstić information content (AvgIpc) is 2.13. The second-order valence-corrected chi connectivity index (χ2v) is 3.01. The van der Waals surface area contributed by atoms with Gasteiger partial charge in [0.05, 0.1) is 5.69 Å². The molecular weight excluding hydrogens is 167 g/mol. The van der Waals surface area contributed by atoms with Crippen LogP contribution in [-0.4, -0.2) is 13.1 Å². The highest BCUT2D eigenvalue weighted by Crippen LogP contribution is 2.16. The van der Waals surface area contributed by atoms with Crippen molar-refractivity contribution in [1.82, 2.24) is 0 Å². The first kappa shape index (κ1) is 9.99. The van der Waals surface area contributed by atoms with E-state index in [0.29, 0.717) is 17.8 Å². The van der Waals surface area contributed by atoms with E-state index in [1.54, 1.807) is 19.1 Å². The van der Waals surface area contributed by atoms with Crippen molar-refractivity contribution in [2.45, 2.75) is 13.3 Å². The van der Waals surface area contributed by atoms with Crippen molar-refractivity contribution < 1.29 is 4.39 Å². The molecule has 13 heavy (non-hydrogen) atoms. The Morgan fingerprint density at radius 3 is 2.92 bits per heavy atom. The summed E-state index contributed by atoms with van der Waals surface area (Å²) in [7, 11) is 0. The maximum atomic E-state index is 13.3. The quantitative estimate of drug-likeness (QED) is 0.698. The Morgan fingerprint density at radius 1 is 1.46 bits per heavy atom. The highest BCUT2D eigenvalue weighted by atomic mass is 19.1. The number of hydrogen-bond acceptors (Lipinski definition) is 2. The summed E-state index contributed by atoms with van der Waals surface area (Å²) in [6.45, 7) is 3.10. The van der Waals surface area contributed by atoms with Gasteiger partial charge >= 0.3 is 0 Å². The normalized spacial score (nSPS) is 10.1. The molecule has 0 aromatic heterocycles. The highest BCUT2D eigenvalue weighted by Gasteiger charge is 2.02. The number of anilines is 1. The zero-order valence-corrected chi connectivity index (χ0v) is 7.81. The zero-order chi connectivity index (χ0) is 9.68. The Hall–Kier alpha value is -1.09. The molecule has 1 aromatic rings. The van der Waals surface area contributed by atoms with Gasteiger partial charge in [-0.05, 0) is 31.5 Å². The third-order valence-electron chi connectivity index (χ3n) is 1.89. The predicted molar refractivity (Wildman–Crippen MR) is 53.3 cm³/mol. The fourth-order valence-corrected chi connectivity index (χ4v) is 1.11. The van der Waals surface area contributed by atoms with Gasteiger partial charge in [-0.3, -0.25) is 0 Å². The van der Waals surface area contributed by atoms with E-state index in [4.69, 9.17) is 5.73 Å². The van der Waals surface area contributed by atoms with Gasteiger partial charge < -0.3 is 11.1 Å². The SMILES string of the molecule is Cc1cccc(NCCCN)c1F. The van der Waals surface area contributed by atoms with Crippen LogP contribution < -0.4 is 11.1 Å². The van der Waals surface area contributed by atoms with Crippen molar-refractivity contribution in [1.29, 1.82) is 0 Å². The Morgan fingerprint density at radius 2 is 2.23 bits per heavy atom. The van der Waals surface area contributed by atoms with Crippen molar-refractivity contribution in [2.75, 3.05) is 18.4 Å². The molecule has 1 rings (SSSR count). The molecule has 72 valence electrons. The van der Waals surface area contributed by atoms with Gasteiger partial charge in [-0.15, -0.1) is 0 Å². The molecule has 0 bridgehead atoms. The largest absolute Gasteiger partial charge is 0.383 e. The van der Waals surface area contributed by atoms with E-state index in [-0.39, 0.29) is 5.82 Å². The molecule has 0 spiro atoms. The molecule has 0 unspecified atom stereocenters. The van der Waals surface area contributed by atoms with Crippen LogP contribution in [0.1, 0.15) is 12.0 Å². The molecule has 0 heterocycles. The lowest BCUT2D eigenvalue weighted by Crippen LogP contribution is -2.09. The van der Waals surface area contributed by atoms with Crippen LogP contribution in [0.2, 0.25) is 0 Å². The molecule has 0 amide bonds. The van der Waals surface area contributed by atoms with Crippen molar-refractivity contribution >= 4 is 5.69 Å². The van der Waals surface area contributed by atoms with Crippen molar-refractivity contribution in [3.8, 4) is 0 Å². The minimum atomic E-state index is -0.167. The first-order valence-corrected chi connectivity index (χ1v) is 4.44. The summed E-state index contributed by atoms with van der Waals surface area (Å²) < 4.78 is 13.3. The minimum absolute atomic E-state index is 0.167.